The second-order valence-corrected chi connectivity index (χ2v) is 5.30. The monoisotopic (exact) mass is 263 g/mol. The van der Waals surface area contributed by atoms with Gasteiger partial charge in [0.1, 0.15) is 5.76 Å². The van der Waals surface area contributed by atoms with E-state index in [0.29, 0.717) is 0 Å². The number of rotatable bonds is 5. The predicted molar refractivity (Wildman–Crippen MR) is 73.3 cm³/mol. The van der Waals surface area contributed by atoms with Gasteiger partial charge in [0.2, 0.25) is 0 Å². The smallest absolute Gasteiger partial charge is 0.126 e. The number of likely N-dealkylation sites (N-methyl/N-ethyl adjacent to an activating group) is 1. The standard InChI is InChI=1S/C13H17N3OS/c1-10(7-12-5-4-6-17-12)8-16(3)9-13-11(2)14-15-18-13/h4-7H,8-9H2,1-3H3/b10-7+. The summed E-state index contributed by atoms with van der Waals surface area (Å²) >= 11 is 1.47. The van der Waals surface area contributed by atoms with Crippen LogP contribution < -0.4 is 0 Å². The van der Waals surface area contributed by atoms with E-state index >= 15 is 0 Å². The molecule has 4 nitrogen and oxygen atoms in total. The molecule has 0 amide bonds. The first-order chi connectivity index (χ1) is 8.65. The Labute approximate surface area is 111 Å². The summed E-state index contributed by atoms with van der Waals surface area (Å²) in [6.45, 7) is 5.89. The van der Waals surface area contributed by atoms with E-state index in [1.165, 1.54) is 22.0 Å². The van der Waals surface area contributed by atoms with Crippen LogP contribution in [0.5, 0.6) is 0 Å². The lowest BCUT2D eigenvalue weighted by Crippen LogP contribution is -2.19. The van der Waals surface area contributed by atoms with Gasteiger partial charge in [0.15, 0.2) is 0 Å². The summed E-state index contributed by atoms with van der Waals surface area (Å²) in [6, 6.07) is 3.86. The zero-order valence-corrected chi connectivity index (χ0v) is 11.7. The lowest BCUT2D eigenvalue weighted by molar-refractivity contribution is 0.358. The maximum absolute atomic E-state index is 5.30. The number of aromatic nitrogens is 2. The Hall–Kier alpha value is -1.46. The van der Waals surface area contributed by atoms with E-state index in [4.69, 9.17) is 4.42 Å². The number of hydrogen-bond acceptors (Lipinski definition) is 5. The molecule has 0 saturated heterocycles. The number of nitrogens with zero attached hydrogens (tertiary/aromatic N) is 3. The Morgan fingerprint density at radius 3 is 3.00 bits per heavy atom. The normalized spacial score (nSPS) is 12.3. The van der Waals surface area contributed by atoms with Crippen LogP contribution in [-0.2, 0) is 6.54 Å². The molecule has 0 radical (unpaired) electrons. The molecule has 96 valence electrons. The molecule has 0 atom stereocenters. The second kappa shape index (κ2) is 5.93. The average Bonchev–Trinajstić information content (AvgIpc) is 2.91. The molecule has 0 unspecified atom stereocenters. The maximum atomic E-state index is 5.30. The molecule has 0 aliphatic rings. The molecule has 0 aliphatic carbocycles. The fourth-order valence-electron chi connectivity index (χ4n) is 1.78. The minimum Gasteiger partial charge on any atom is -0.465 e. The summed E-state index contributed by atoms with van der Waals surface area (Å²) in [4.78, 5) is 3.47. The van der Waals surface area contributed by atoms with Crippen LogP contribution in [0.2, 0.25) is 0 Å². The molecule has 0 aliphatic heterocycles. The lowest BCUT2D eigenvalue weighted by Gasteiger charge is -2.15. The third-order valence-electron chi connectivity index (χ3n) is 2.61. The van der Waals surface area contributed by atoms with Crippen molar-refractivity contribution < 1.29 is 4.42 Å². The third-order valence-corrected chi connectivity index (χ3v) is 3.42. The van der Waals surface area contributed by atoms with Crippen LogP contribution in [0.4, 0.5) is 0 Å². The van der Waals surface area contributed by atoms with E-state index < -0.39 is 0 Å². The summed E-state index contributed by atoms with van der Waals surface area (Å²) in [5.74, 6) is 0.900. The number of hydrogen-bond donors (Lipinski definition) is 0. The van der Waals surface area contributed by atoms with Gasteiger partial charge in [0.05, 0.1) is 16.8 Å². The Morgan fingerprint density at radius 2 is 2.39 bits per heavy atom. The van der Waals surface area contributed by atoms with Crippen LogP contribution in [-0.4, -0.2) is 28.1 Å². The molecule has 0 bridgehead atoms. The minimum atomic E-state index is 0.882. The highest BCUT2D eigenvalue weighted by atomic mass is 32.1. The van der Waals surface area contributed by atoms with Crippen molar-refractivity contribution in [2.45, 2.75) is 20.4 Å². The van der Waals surface area contributed by atoms with Crippen molar-refractivity contribution in [2.75, 3.05) is 13.6 Å². The molecule has 2 rings (SSSR count). The molecule has 18 heavy (non-hydrogen) atoms. The molecule has 2 heterocycles. The predicted octanol–water partition coefficient (Wildman–Crippen LogP) is 2.97. The molecule has 2 aromatic heterocycles. The molecule has 0 fully saturated rings. The van der Waals surface area contributed by atoms with Gasteiger partial charge < -0.3 is 4.42 Å². The molecule has 0 spiro atoms. The van der Waals surface area contributed by atoms with Crippen molar-refractivity contribution >= 4 is 17.6 Å². The molecule has 0 N–H and O–H groups in total. The fraction of sp³-hybridized carbons (Fsp3) is 0.385. The van der Waals surface area contributed by atoms with E-state index in [-0.39, 0.29) is 0 Å². The van der Waals surface area contributed by atoms with Gasteiger partial charge in [-0.1, -0.05) is 10.1 Å². The first-order valence-corrected chi connectivity index (χ1v) is 6.59. The average molecular weight is 263 g/mol. The van der Waals surface area contributed by atoms with Crippen LogP contribution in [0.15, 0.2) is 28.4 Å². The van der Waals surface area contributed by atoms with E-state index in [2.05, 4.69) is 34.5 Å². The summed E-state index contributed by atoms with van der Waals surface area (Å²) in [5, 5.41) is 4.02. The molecular weight excluding hydrogens is 246 g/mol. The van der Waals surface area contributed by atoms with Gasteiger partial charge in [-0.15, -0.1) is 5.10 Å². The molecule has 5 heteroatoms. The fourth-order valence-corrected chi connectivity index (χ4v) is 2.50. The van der Waals surface area contributed by atoms with E-state index in [0.717, 1.165) is 24.5 Å². The van der Waals surface area contributed by atoms with Crippen molar-refractivity contribution in [3.05, 3.63) is 40.3 Å². The van der Waals surface area contributed by atoms with E-state index in [9.17, 15) is 0 Å². The number of furan rings is 1. The van der Waals surface area contributed by atoms with Gasteiger partial charge in [-0.2, -0.15) is 0 Å². The second-order valence-electron chi connectivity index (χ2n) is 4.46. The van der Waals surface area contributed by atoms with Crippen molar-refractivity contribution in [1.82, 2.24) is 14.5 Å². The lowest BCUT2D eigenvalue weighted by atomic mass is 10.2. The van der Waals surface area contributed by atoms with Crippen molar-refractivity contribution in [3.63, 3.8) is 0 Å². The number of aryl methyl sites for hydroxylation is 1. The Balaban J connectivity index is 1.91. The summed E-state index contributed by atoms with van der Waals surface area (Å²) < 4.78 is 9.25. The summed E-state index contributed by atoms with van der Waals surface area (Å²) in [6.07, 6.45) is 3.75. The van der Waals surface area contributed by atoms with Gasteiger partial charge >= 0.3 is 0 Å². The third kappa shape index (κ3) is 3.51. The van der Waals surface area contributed by atoms with Crippen molar-refractivity contribution in [1.29, 1.82) is 0 Å². The first-order valence-electron chi connectivity index (χ1n) is 5.82. The summed E-state index contributed by atoms with van der Waals surface area (Å²) in [7, 11) is 2.10. The van der Waals surface area contributed by atoms with Crippen molar-refractivity contribution in [3.8, 4) is 0 Å². The SMILES string of the molecule is C/C(=C\c1ccco1)CN(C)Cc1snnc1C. The highest BCUT2D eigenvalue weighted by Crippen LogP contribution is 2.13. The Morgan fingerprint density at radius 1 is 1.56 bits per heavy atom. The minimum absolute atomic E-state index is 0.882. The quantitative estimate of drug-likeness (QED) is 0.831. The van der Waals surface area contributed by atoms with Crippen molar-refractivity contribution in [2.24, 2.45) is 0 Å². The van der Waals surface area contributed by atoms with Gasteiger partial charge in [-0.3, -0.25) is 4.90 Å². The maximum Gasteiger partial charge on any atom is 0.126 e. The van der Waals surface area contributed by atoms with Crippen LogP contribution >= 0.6 is 11.5 Å². The van der Waals surface area contributed by atoms with Crippen LogP contribution in [0.1, 0.15) is 23.3 Å². The first kappa shape index (κ1) is 13.0. The van der Waals surface area contributed by atoms with Gasteiger partial charge in [0, 0.05) is 13.1 Å². The zero-order valence-electron chi connectivity index (χ0n) is 10.9. The molecule has 0 aromatic carbocycles. The Bertz CT molecular complexity index is 516. The highest BCUT2D eigenvalue weighted by molar-refractivity contribution is 7.05. The van der Waals surface area contributed by atoms with Crippen LogP contribution in [0.3, 0.4) is 0 Å². The van der Waals surface area contributed by atoms with E-state index in [1.54, 1.807) is 6.26 Å². The highest BCUT2D eigenvalue weighted by Gasteiger charge is 2.07. The zero-order chi connectivity index (χ0) is 13.0. The van der Waals surface area contributed by atoms with Gasteiger partial charge in [0.25, 0.3) is 0 Å². The van der Waals surface area contributed by atoms with Gasteiger partial charge in [-0.05, 0) is 50.6 Å². The van der Waals surface area contributed by atoms with Crippen LogP contribution in [0.25, 0.3) is 6.08 Å². The summed E-state index contributed by atoms with van der Waals surface area (Å²) in [5.41, 5.74) is 2.29. The van der Waals surface area contributed by atoms with E-state index in [1.807, 2.05) is 19.1 Å². The Kier molecular flexibility index (Phi) is 4.28. The topological polar surface area (TPSA) is 42.2 Å². The molecule has 0 saturated carbocycles. The van der Waals surface area contributed by atoms with Gasteiger partial charge in [-0.25, -0.2) is 0 Å². The molecule has 2 aromatic rings. The van der Waals surface area contributed by atoms with Crippen LogP contribution in [0, 0.1) is 6.92 Å². The molecular formula is C13H17N3OS. The largest absolute Gasteiger partial charge is 0.465 e.